The molecular formula is C11H14N6O. The van der Waals surface area contributed by atoms with E-state index in [0.717, 1.165) is 5.69 Å². The fourth-order valence-corrected chi connectivity index (χ4v) is 1.50. The molecule has 2 rings (SSSR count). The minimum absolute atomic E-state index is 0.163. The lowest BCUT2D eigenvalue weighted by Crippen LogP contribution is -2.18. The molecule has 0 aliphatic rings. The first kappa shape index (κ1) is 11.9. The molecule has 0 atom stereocenters. The summed E-state index contributed by atoms with van der Waals surface area (Å²) in [6.45, 7) is 0.490. The Bertz CT molecular complexity index is 536. The van der Waals surface area contributed by atoms with Crippen LogP contribution in [0, 0.1) is 0 Å². The fraction of sp³-hybridized carbons (Fsp3) is 0.182. The molecule has 1 heterocycles. The van der Waals surface area contributed by atoms with Gasteiger partial charge < -0.3 is 16.4 Å². The maximum Gasteiger partial charge on any atom is 0.251 e. The van der Waals surface area contributed by atoms with E-state index in [9.17, 15) is 4.79 Å². The number of nitrogens with zero attached hydrogens (tertiary/aromatic N) is 2. The highest BCUT2D eigenvalue weighted by Gasteiger charge is 2.06. The van der Waals surface area contributed by atoms with Gasteiger partial charge in [0, 0.05) is 12.6 Å². The number of nitrogens with one attached hydrogen (secondary N) is 3. The molecule has 1 amide bonds. The first-order valence-electron chi connectivity index (χ1n) is 5.40. The van der Waals surface area contributed by atoms with Gasteiger partial charge in [0.1, 0.15) is 12.2 Å². The highest BCUT2D eigenvalue weighted by molar-refractivity contribution is 5.95. The number of carbonyl (C=O) groups is 1. The number of nitrogen functional groups attached to an aromatic ring is 1. The first-order valence-corrected chi connectivity index (χ1v) is 5.40. The van der Waals surface area contributed by atoms with Crippen LogP contribution in [0.5, 0.6) is 0 Å². The molecule has 0 bridgehead atoms. The van der Waals surface area contributed by atoms with Crippen LogP contribution in [0.15, 0.2) is 24.5 Å². The Labute approximate surface area is 104 Å². The predicted molar refractivity (Wildman–Crippen MR) is 68.0 cm³/mol. The maximum atomic E-state index is 11.4. The third-order valence-electron chi connectivity index (χ3n) is 2.45. The minimum atomic E-state index is -0.163. The fourth-order valence-electron chi connectivity index (χ4n) is 1.50. The van der Waals surface area contributed by atoms with E-state index in [0.29, 0.717) is 23.6 Å². The minimum Gasteiger partial charge on any atom is -0.397 e. The second-order valence-electron chi connectivity index (χ2n) is 3.67. The van der Waals surface area contributed by atoms with Gasteiger partial charge in [-0.3, -0.25) is 9.89 Å². The van der Waals surface area contributed by atoms with Crippen molar-refractivity contribution in [2.45, 2.75) is 6.54 Å². The molecule has 0 saturated carbocycles. The van der Waals surface area contributed by atoms with Crippen molar-refractivity contribution in [3.8, 4) is 0 Å². The Kier molecular flexibility index (Phi) is 3.42. The molecule has 0 radical (unpaired) electrons. The third-order valence-corrected chi connectivity index (χ3v) is 2.45. The van der Waals surface area contributed by atoms with E-state index in [-0.39, 0.29) is 5.91 Å². The van der Waals surface area contributed by atoms with Crippen molar-refractivity contribution in [2.75, 3.05) is 18.1 Å². The van der Waals surface area contributed by atoms with Gasteiger partial charge in [0.05, 0.1) is 17.9 Å². The van der Waals surface area contributed by atoms with Gasteiger partial charge in [0.2, 0.25) is 0 Å². The van der Waals surface area contributed by atoms with Crippen molar-refractivity contribution >= 4 is 17.3 Å². The normalized spacial score (nSPS) is 10.1. The van der Waals surface area contributed by atoms with Crippen molar-refractivity contribution in [3.05, 3.63) is 35.9 Å². The number of amides is 1. The number of carbonyl (C=O) groups excluding carboxylic acids is 1. The van der Waals surface area contributed by atoms with E-state index in [2.05, 4.69) is 25.8 Å². The number of hydrogen-bond donors (Lipinski definition) is 4. The van der Waals surface area contributed by atoms with Crippen LogP contribution < -0.4 is 16.4 Å². The topological polar surface area (TPSA) is 109 Å². The summed E-state index contributed by atoms with van der Waals surface area (Å²) < 4.78 is 0. The van der Waals surface area contributed by atoms with Crippen molar-refractivity contribution in [1.29, 1.82) is 0 Å². The first-order chi connectivity index (χ1) is 8.70. The van der Waals surface area contributed by atoms with Crippen molar-refractivity contribution in [2.24, 2.45) is 0 Å². The zero-order chi connectivity index (χ0) is 13.0. The van der Waals surface area contributed by atoms with Crippen LogP contribution in [0.1, 0.15) is 16.2 Å². The van der Waals surface area contributed by atoms with Crippen LogP contribution in [-0.2, 0) is 6.54 Å². The molecular weight excluding hydrogens is 232 g/mol. The van der Waals surface area contributed by atoms with Crippen LogP contribution in [0.4, 0.5) is 11.4 Å². The lowest BCUT2D eigenvalue weighted by Gasteiger charge is -2.09. The van der Waals surface area contributed by atoms with E-state index in [1.807, 2.05) is 0 Å². The number of nitrogens with two attached hydrogens (primary N) is 1. The molecule has 0 aliphatic carbocycles. The largest absolute Gasteiger partial charge is 0.397 e. The SMILES string of the molecule is CNC(=O)c1ccc(NCc2ncn[nH]2)c(N)c1. The monoisotopic (exact) mass is 246 g/mol. The summed E-state index contributed by atoms with van der Waals surface area (Å²) >= 11 is 0. The number of H-pyrrole nitrogens is 1. The lowest BCUT2D eigenvalue weighted by atomic mass is 10.1. The predicted octanol–water partition coefficient (Wildman–Crippen LogP) is 0.359. The van der Waals surface area contributed by atoms with Gasteiger partial charge in [-0.05, 0) is 18.2 Å². The van der Waals surface area contributed by atoms with Crippen LogP contribution in [-0.4, -0.2) is 28.1 Å². The highest BCUT2D eigenvalue weighted by Crippen LogP contribution is 2.20. The van der Waals surface area contributed by atoms with E-state index in [1.54, 1.807) is 25.2 Å². The molecule has 0 unspecified atom stereocenters. The van der Waals surface area contributed by atoms with Gasteiger partial charge in [-0.1, -0.05) is 0 Å². The number of aromatic amines is 1. The summed E-state index contributed by atoms with van der Waals surface area (Å²) in [6, 6.07) is 5.09. The molecule has 5 N–H and O–H groups in total. The smallest absolute Gasteiger partial charge is 0.251 e. The van der Waals surface area contributed by atoms with E-state index >= 15 is 0 Å². The maximum absolute atomic E-state index is 11.4. The Morgan fingerprint density at radius 1 is 1.50 bits per heavy atom. The second-order valence-corrected chi connectivity index (χ2v) is 3.67. The van der Waals surface area contributed by atoms with Crippen LogP contribution in [0.25, 0.3) is 0 Å². The lowest BCUT2D eigenvalue weighted by molar-refractivity contribution is 0.0963. The highest BCUT2D eigenvalue weighted by atomic mass is 16.1. The molecule has 7 nitrogen and oxygen atoms in total. The van der Waals surface area contributed by atoms with Gasteiger partial charge >= 0.3 is 0 Å². The Morgan fingerprint density at radius 3 is 2.94 bits per heavy atom. The summed E-state index contributed by atoms with van der Waals surface area (Å²) in [5.74, 6) is 0.549. The Morgan fingerprint density at radius 2 is 2.33 bits per heavy atom. The second kappa shape index (κ2) is 5.17. The van der Waals surface area contributed by atoms with Crippen LogP contribution in [0.3, 0.4) is 0 Å². The number of benzene rings is 1. The molecule has 2 aromatic rings. The van der Waals surface area contributed by atoms with Crippen LogP contribution in [0.2, 0.25) is 0 Å². The molecule has 94 valence electrons. The number of aromatic nitrogens is 3. The standard InChI is InChI=1S/C11H14N6O/c1-13-11(18)7-2-3-9(8(12)4-7)14-5-10-15-6-16-17-10/h2-4,6,14H,5,12H2,1H3,(H,13,18)(H,15,16,17). The van der Waals surface area contributed by atoms with E-state index < -0.39 is 0 Å². The van der Waals surface area contributed by atoms with Gasteiger partial charge in [-0.2, -0.15) is 5.10 Å². The van der Waals surface area contributed by atoms with Crippen molar-refractivity contribution < 1.29 is 4.79 Å². The number of anilines is 2. The number of hydrogen-bond acceptors (Lipinski definition) is 5. The van der Waals surface area contributed by atoms with Gasteiger partial charge in [-0.15, -0.1) is 0 Å². The summed E-state index contributed by atoms with van der Waals surface area (Å²) in [4.78, 5) is 15.4. The molecule has 7 heteroatoms. The van der Waals surface area contributed by atoms with Gasteiger partial charge in [0.15, 0.2) is 0 Å². The molecule has 1 aromatic heterocycles. The summed E-state index contributed by atoms with van der Waals surface area (Å²) in [5.41, 5.74) is 7.65. The van der Waals surface area contributed by atoms with Gasteiger partial charge in [-0.25, -0.2) is 4.98 Å². The van der Waals surface area contributed by atoms with E-state index in [1.165, 1.54) is 6.33 Å². The molecule has 0 fully saturated rings. The molecule has 0 spiro atoms. The molecule has 1 aromatic carbocycles. The summed E-state index contributed by atoms with van der Waals surface area (Å²) in [7, 11) is 1.58. The van der Waals surface area contributed by atoms with Crippen LogP contribution >= 0.6 is 0 Å². The summed E-state index contributed by atoms with van der Waals surface area (Å²) in [6.07, 6.45) is 1.44. The van der Waals surface area contributed by atoms with Gasteiger partial charge in [0.25, 0.3) is 5.91 Å². The quantitative estimate of drug-likeness (QED) is 0.582. The summed E-state index contributed by atoms with van der Waals surface area (Å²) in [5, 5.41) is 12.1. The molecule has 18 heavy (non-hydrogen) atoms. The van der Waals surface area contributed by atoms with Crippen molar-refractivity contribution in [3.63, 3.8) is 0 Å². The molecule has 0 saturated heterocycles. The third kappa shape index (κ3) is 2.57. The van der Waals surface area contributed by atoms with Crippen molar-refractivity contribution in [1.82, 2.24) is 20.5 Å². The Hall–Kier alpha value is -2.57. The van der Waals surface area contributed by atoms with E-state index in [4.69, 9.17) is 5.73 Å². The zero-order valence-electron chi connectivity index (χ0n) is 9.90. The number of rotatable bonds is 4. The molecule has 0 aliphatic heterocycles. The average molecular weight is 246 g/mol. The Balaban J connectivity index is 2.08. The zero-order valence-corrected chi connectivity index (χ0v) is 9.90. The average Bonchev–Trinajstić information content (AvgIpc) is 2.89.